The molecule has 8 nitrogen and oxygen atoms in total. The second kappa shape index (κ2) is 7.68. The molecule has 1 amide bonds. The predicted octanol–water partition coefficient (Wildman–Crippen LogP) is 2.27. The van der Waals surface area contributed by atoms with Gasteiger partial charge in [-0.25, -0.2) is 22.8 Å². The fraction of sp³-hybridized carbons (Fsp3) is 0.167. The Morgan fingerprint density at radius 1 is 1.07 bits per heavy atom. The average molecular weight is 385 g/mol. The van der Waals surface area contributed by atoms with Crippen LogP contribution in [-0.2, 0) is 14.8 Å². The number of aromatic nitrogens is 3. The molecule has 1 aromatic heterocycles. The number of amides is 1. The molecule has 0 bridgehead atoms. The maximum absolute atomic E-state index is 12.6. The first-order valence-corrected chi connectivity index (χ1v) is 9.68. The van der Waals surface area contributed by atoms with Gasteiger partial charge in [0.1, 0.15) is 12.7 Å². The normalized spacial score (nSPS) is 12.5. The smallest absolute Gasteiger partial charge is 0.241 e. The van der Waals surface area contributed by atoms with Crippen LogP contribution >= 0.6 is 0 Å². The van der Waals surface area contributed by atoms with E-state index in [0.717, 1.165) is 11.3 Å². The molecule has 3 aromatic rings. The monoisotopic (exact) mass is 385 g/mol. The van der Waals surface area contributed by atoms with Gasteiger partial charge in [0.05, 0.1) is 10.6 Å². The summed E-state index contributed by atoms with van der Waals surface area (Å²) in [7, 11) is -3.70. The van der Waals surface area contributed by atoms with Gasteiger partial charge < -0.3 is 5.32 Å². The highest BCUT2D eigenvalue weighted by atomic mass is 32.2. The van der Waals surface area contributed by atoms with E-state index in [1.807, 2.05) is 24.3 Å². The van der Waals surface area contributed by atoms with Crippen molar-refractivity contribution in [3.63, 3.8) is 0 Å². The van der Waals surface area contributed by atoms with Gasteiger partial charge in [-0.05, 0) is 48.9 Å². The number of hydrogen-bond donors (Lipinski definition) is 2. The zero-order chi connectivity index (χ0) is 19.4. The van der Waals surface area contributed by atoms with E-state index in [-0.39, 0.29) is 10.8 Å². The Bertz CT molecular complexity index is 1010. The van der Waals surface area contributed by atoms with Crippen LogP contribution in [0.5, 0.6) is 0 Å². The number of benzene rings is 2. The van der Waals surface area contributed by atoms with Gasteiger partial charge >= 0.3 is 0 Å². The molecule has 0 radical (unpaired) electrons. The first-order chi connectivity index (χ1) is 12.8. The number of anilines is 1. The lowest BCUT2D eigenvalue weighted by molar-refractivity contribution is -0.114. The van der Waals surface area contributed by atoms with Crippen LogP contribution in [0.15, 0.2) is 66.1 Å². The maximum atomic E-state index is 12.6. The third-order valence-electron chi connectivity index (χ3n) is 3.89. The van der Waals surface area contributed by atoms with Crippen molar-refractivity contribution in [1.82, 2.24) is 19.5 Å². The summed E-state index contributed by atoms with van der Waals surface area (Å²) < 4.78 is 29.4. The second-order valence-electron chi connectivity index (χ2n) is 5.98. The maximum Gasteiger partial charge on any atom is 0.241 e. The van der Waals surface area contributed by atoms with Crippen molar-refractivity contribution < 1.29 is 13.2 Å². The van der Waals surface area contributed by atoms with Gasteiger partial charge in [0.15, 0.2) is 0 Å². The van der Waals surface area contributed by atoms with Crippen LogP contribution < -0.4 is 10.0 Å². The van der Waals surface area contributed by atoms with Gasteiger partial charge in [-0.15, -0.1) is 0 Å². The molecule has 0 aliphatic carbocycles. The topological polar surface area (TPSA) is 106 Å². The molecular formula is C18H19N5O3S. The van der Waals surface area contributed by atoms with Crippen molar-refractivity contribution in [3.05, 3.63) is 66.7 Å². The standard InChI is InChI=1S/C18H19N5O3S/c1-13(15-3-7-17(8-4-15)23-12-19-11-20-23)22-27(25,26)18-9-5-16(6-10-18)21-14(2)24/h3-13,22H,1-2H3,(H,21,24)/t13-/m0/s1. The lowest BCUT2D eigenvalue weighted by Crippen LogP contribution is -2.26. The highest BCUT2D eigenvalue weighted by Crippen LogP contribution is 2.20. The summed E-state index contributed by atoms with van der Waals surface area (Å²) in [5, 5.41) is 6.65. The van der Waals surface area contributed by atoms with E-state index < -0.39 is 16.1 Å². The third kappa shape index (κ3) is 4.57. The Labute approximate surface area is 157 Å². The van der Waals surface area contributed by atoms with Gasteiger partial charge in [0.25, 0.3) is 0 Å². The molecule has 2 N–H and O–H groups in total. The summed E-state index contributed by atoms with van der Waals surface area (Å²) in [6, 6.07) is 12.9. The molecule has 0 unspecified atom stereocenters. The van der Waals surface area contributed by atoms with Crippen molar-refractivity contribution in [2.75, 3.05) is 5.32 Å². The van der Waals surface area contributed by atoms with E-state index in [9.17, 15) is 13.2 Å². The summed E-state index contributed by atoms with van der Waals surface area (Å²) in [6.45, 7) is 3.16. The van der Waals surface area contributed by atoms with E-state index in [1.54, 1.807) is 30.1 Å². The fourth-order valence-corrected chi connectivity index (χ4v) is 3.78. The van der Waals surface area contributed by atoms with Crippen molar-refractivity contribution in [2.24, 2.45) is 0 Å². The summed E-state index contributed by atoms with van der Waals surface area (Å²) in [5.74, 6) is -0.216. The molecule has 0 aliphatic rings. The molecule has 1 heterocycles. The number of hydrogen-bond acceptors (Lipinski definition) is 5. The minimum absolute atomic E-state index is 0.127. The molecule has 0 aliphatic heterocycles. The molecule has 2 aromatic carbocycles. The summed E-state index contributed by atoms with van der Waals surface area (Å²) >= 11 is 0. The van der Waals surface area contributed by atoms with Crippen LogP contribution in [0.3, 0.4) is 0 Å². The number of rotatable bonds is 6. The fourth-order valence-electron chi connectivity index (χ4n) is 2.55. The second-order valence-corrected chi connectivity index (χ2v) is 7.69. The SMILES string of the molecule is CC(=O)Nc1ccc(S(=O)(=O)N[C@@H](C)c2ccc(-n3cncn3)cc2)cc1. The number of sulfonamides is 1. The molecule has 140 valence electrons. The molecule has 27 heavy (non-hydrogen) atoms. The zero-order valence-corrected chi connectivity index (χ0v) is 15.6. The minimum Gasteiger partial charge on any atom is -0.326 e. The Kier molecular flexibility index (Phi) is 5.33. The van der Waals surface area contributed by atoms with E-state index >= 15 is 0 Å². The largest absolute Gasteiger partial charge is 0.326 e. The van der Waals surface area contributed by atoms with E-state index in [1.165, 1.54) is 25.4 Å². The summed E-state index contributed by atoms with van der Waals surface area (Å²) in [5.41, 5.74) is 2.19. The molecule has 0 spiro atoms. The summed E-state index contributed by atoms with van der Waals surface area (Å²) in [4.78, 5) is 15.1. The highest BCUT2D eigenvalue weighted by Gasteiger charge is 2.18. The van der Waals surface area contributed by atoms with Crippen LogP contribution in [0.25, 0.3) is 5.69 Å². The molecule has 0 saturated heterocycles. The van der Waals surface area contributed by atoms with Crippen molar-refractivity contribution in [3.8, 4) is 5.69 Å². The molecule has 3 rings (SSSR count). The first kappa shape index (κ1) is 18.7. The number of carbonyl (C=O) groups is 1. The quantitative estimate of drug-likeness (QED) is 0.677. The number of carbonyl (C=O) groups excluding carboxylic acids is 1. The van der Waals surface area contributed by atoms with Crippen molar-refractivity contribution in [1.29, 1.82) is 0 Å². The molecule has 0 fully saturated rings. The van der Waals surface area contributed by atoms with Gasteiger partial charge in [0, 0.05) is 18.7 Å². The Morgan fingerprint density at radius 3 is 2.30 bits per heavy atom. The molecular weight excluding hydrogens is 366 g/mol. The van der Waals surface area contributed by atoms with Gasteiger partial charge in [-0.2, -0.15) is 5.10 Å². The van der Waals surface area contributed by atoms with Crippen molar-refractivity contribution >= 4 is 21.6 Å². The van der Waals surface area contributed by atoms with Gasteiger partial charge in [0.2, 0.25) is 15.9 Å². The minimum atomic E-state index is -3.70. The number of nitrogens with zero attached hydrogens (tertiary/aromatic N) is 3. The average Bonchev–Trinajstić information content (AvgIpc) is 3.16. The van der Waals surface area contributed by atoms with E-state index in [4.69, 9.17) is 0 Å². The summed E-state index contributed by atoms with van der Waals surface area (Å²) in [6.07, 6.45) is 3.04. The lowest BCUT2D eigenvalue weighted by atomic mass is 10.1. The molecule has 9 heteroatoms. The van der Waals surface area contributed by atoms with E-state index in [0.29, 0.717) is 5.69 Å². The third-order valence-corrected chi connectivity index (χ3v) is 5.45. The van der Waals surface area contributed by atoms with Gasteiger partial charge in [-0.3, -0.25) is 4.79 Å². The number of nitrogens with one attached hydrogen (secondary N) is 2. The molecule has 1 atom stereocenters. The van der Waals surface area contributed by atoms with Crippen LogP contribution in [-0.4, -0.2) is 29.1 Å². The Balaban J connectivity index is 1.72. The highest BCUT2D eigenvalue weighted by molar-refractivity contribution is 7.89. The first-order valence-electron chi connectivity index (χ1n) is 8.20. The Morgan fingerprint density at radius 2 is 1.74 bits per heavy atom. The van der Waals surface area contributed by atoms with Gasteiger partial charge in [-0.1, -0.05) is 12.1 Å². The van der Waals surface area contributed by atoms with Crippen LogP contribution in [0.2, 0.25) is 0 Å². The van der Waals surface area contributed by atoms with Crippen LogP contribution in [0.4, 0.5) is 5.69 Å². The zero-order valence-electron chi connectivity index (χ0n) is 14.8. The predicted molar refractivity (Wildman–Crippen MR) is 101 cm³/mol. The molecule has 0 saturated carbocycles. The lowest BCUT2D eigenvalue weighted by Gasteiger charge is -2.15. The van der Waals surface area contributed by atoms with Crippen molar-refractivity contribution in [2.45, 2.75) is 24.8 Å². The van der Waals surface area contributed by atoms with Crippen LogP contribution in [0, 0.1) is 0 Å². The van der Waals surface area contributed by atoms with E-state index in [2.05, 4.69) is 20.1 Å². The Hall–Kier alpha value is -3.04. The van der Waals surface area contributed by atoms with Crippen LogP contribution in [0.1, 0.15) is 25.5 Å².